The predicted molar refractivity (Wildman–Crippen MR) is 108 cm³/mol. The summed E-state index contributed by atoms with van der Waals surface area (Å²) in [5.74, 6) is 1.82. The fraction of sp³-hybridized carbons (Fsp3) is 0.150. The van der Waals surface area contributed by atoms with Gasteiger partial charge in [0.15, 0.2) is 11.5 Å². The first kappa shape index (κ1) is 18.3. The number of hydrogen-bond donors (Lipinski definition) is 0. The Hall–Kier alpha value is -2.50. The number of methoxy groups -OCH3 is 3. The molecule has 0 saturated carbocycles. The van der Waals surface area contributed by atoms with Gasteiger partial charge in [-0.05, 0) is 36.4 Å². The highest BCUT2D eigenvalue weighted by molar-refractivity contribution is 7.10. The van der Waals surface area contributed by atoms with E-state index in [4.69, 9.17) is 25.8 Å². The number of aromatic nitrogens is 1. The second-order valence-electron chi connectivity index (χ2n) is 5.33. The number of nitrogens with zero attached hydrogens (tertiary/aromatic N) is 1. The molecule has 26 heavy (non-hydrogen) atoms. The molecule has 3 rings (SSSR count). The molecule has 0 aliphatic rings. The smallest absolute Gasteiger partial charge is 0.203 e. The van der Waals surface area contributed by atoms with Gasteiger partial charge in [0.05, 0.1) is 27.0 Å². The number of benzene rings is 2. The first-order chi connectivity index (χ1) is 12.7. The van der Waals surface area contributed by atoms with Crippen LogP contribution in [-0.4, -0.2) is 26.3 Å². The first-order valence-electron chi connectivity index (χ1n) is 7.84. The van der Waals surface area contributed by atoms with Crippen molar-refractivity contribution in [3.8, 4) is 28.5 Å². The second kappa shape index (κ2) is 8.25. The molecule has 2 aromatic carbocycles. The second-order valence-corrected chi connectivity index (χ2v) is 6.66. The van der Waals surface area contributed by atoms with Gasteiger partial charge in [0, 0.05) is 21.5 Å². The number of rotatable bonds is 6. The third kappa shape index (κ3) is 3.84. The molecule has 3 aromatic rings. The van der Waals surface area contributed by atoms with Crippen molar-refractivity contribution in [3.05, 3.63) is 57.4 Å². The Morgan fingerprint density at radius 1 is 0.885 bits per heavy atom. The van der Waals surface area contributed by atoms with Crippen LogP contribution < -0.4 is 14.2 Å². The van der Waals surface area contributed by atoms with Crippen LogP contribution in [0, 0.1) is 0 Å². The van der Waals surface area contributed by atoms with E-state index in [0.29, 0.717) is 22.3 Å². The van der Waals surface area contributed by atoms with E-state index in [1.54, 1.807) is 32.7 Å². The maximum atomic E-state index is 5.94. The van der Waals surface area contributed by atoms with Crippen molar-refractivity contribution < 1.29 is 14.2 Å². The van der Waals surface area contributed by atoms with Gasteiger partial charge >= 0.3 is 0 Å². The third-order valence-corrected chi connectivity index (χ3v) is 4.86. The molecule has 0 saturated heterocycles. The normalized spacial score (nSPS) is 10.9. The number of halogens is 1. The number of ether oxygens (including phenoxy) is 3. The lowest BCUT2D eigenvalue weighted by molar-refractivity contribution is 0.324. The maximum absolute atomic E-state index is 5.94. The SMILES string of the molecule is COc1ccc(/C=C/c2nc(-c3ccc(Cl)cc3)cs2)c(OC)c1OC. The summed E-state index contributed by atoms with van der Waals surface area (Å²) in [7, 11) is 4.80. The number of hydrogen-bond acceptors (Lipinski definition) is 5. The monoisotopic (exact) mass is 387 g/mol. The van der Waals surface area contributed by atoms with Crippen LogP contribution in [0.4, 0.5) is 0 Å². The minimum atomic E-state index is 0.568. The van der Waals surface area contributed by atoms with Gasteiger partial charge in [0.2, 0.25) is 5.75 Å². The zero-order valence-electron chi connectivity index (χ0n) is 14.7. The predicted octanol–water partition coefficient (Wildman–Crippen LogP) is 5.66. The molecule has 134 valence electrons. The van der Waals surface area contributed by atoms with Crippen LogP contribution in [0.2, 0.25) is 5.02 Å². The standard InChI is InChI=1S/C20H18ClNO3S/c1-23-17-10-6-14(19(24-2)20(17)25-3)7-11-18-22-16(12-26-18)13-4-8-15(21)9-5-13/h4-12H,1-3H3/b11-7+. The van der Waals surface area contributed by atoms with Crippen LogP contribution >= 0.6 is 22.9 Å². The minimum Gasteiger partial charge on any atom is -0.493 e. The summed E-state index contributed by atoms with van der Waals surface area (Å²) in [4.78, 5) is 4.65. The Kier molecular flexibility index (Phi) is 5.81. The van der Waals surface area contributed by atoms with Crippen molar-refractivity contribution in [1.82, 2.24) is 4.98 Å². The minimum absolute atomic E-state index is 0.568. The van der Waals surface area contributed by atoms with Gasteiger partial charge in [-0.25, -0.2) is 4.98 Å². The number of thiazole rings is 1. The molecule has 0 spiro atoms. The molecule has 0 atom stereocenters. The van der Waals surface area contributed by atoms with Crippen molar-refractivity contribution in [2.75, 3.05) is 21.3 Å². The quantitative estimate of drug-likeness (QED) is 0.547. The van der Waals surface area contributed by atoms with E-state index in [2.05, 4.69) is 4.98 Å². The van der Waals surface area contributed by atoms with Crippen molar-refractivity contribution in [3.63, 3.8) is 0 Å². The van der Waals surface area contributed by atoms with E-state index in [1.807, 2.05) is 53.9 Å². The van der Waals surface area contributed by atoms with Gasteiger partial charge in [-0.3, -0.25) is 0 Å². The average molecular weight is 388 g/mol. The molecule has 0 aliphatic heterocycles. The lowest BCUT2D eigenvalue weighted by atomic mass is 10.1. The van der Waals surface area contributed by atoms with Crippen molar-refractivity contribution in [2.24, 2.45) is 0 Å². The highest BCUT2D eigenvalue weighted by Gasteiger charge is 2.14. The molecule has 0 fully saturated rings. The molecule has 1 heterocycles. The lowest BCUT2D eigenvalue weighted by Crippen LogP contribution is -1.96. The lowest BCUT2D eigenvalue weighted by Gasteiger charge is -2.13. The molecule has 0 aliphatic carbocycles. The van der Waals surface area contributed by atoms with E-state index in [1.165, 1.54) is 0 Å². The van der Waals surface area contributed by atoms with Crippen molar-refractivity contribution in [2.45, 2.75) is 0 Å². The summed E-state index contributed by atoms with van der Waals surface area (Å²) < 4.78 is 16.2. The van der Waals surface area contributed by atoms with Crippen LogP contribution in [0.1, 0.15) is 10.6 Å². The Bertz CT molecular complexity index is 919. The van der Waals surface area contributed by atoms with Gasteiger partial charge in [-0.1, -0.05) is 23.7 Å². The fourth-order valence-electron chi connectivity index (χ4n) is 2.53. The molecule has 1 aromatic heterocycles. The van der Waals surface area contributed by atoms with Gasteiger partial charge in [0.25, 0.3) is 0 Å². The zero-order valence-corrected chi connectivity index (χ0v) is 16.2. The summed E-state index contributed by atoms with van der Waals surface area (Å²) in [5.41, 5.74) is 2.84. The highest BCUT2D eigenvalue weighted by Crippen LogP contribution is 2.40. The molecule has 6 heteroatoms. The Balaban J connectivity index is 1.88. The largest absolute Gasteiger partial charge is 0.493 e. The van der Waals surface area contributed by atoms with Crippen LogP contribution in [0.25, 0.3) is 23.4 Å². The van der Waals surface area contributed by atoms with Crippen molar-refractivity contribution in [1.29, 1.82) is 0 Å². The van der Waals surface area contributed by atoms with E-state index < -0.39 is 0 Å². The molecule has 0 N–H and O–H groups in total. The Labute approximate surface area is 161 Å². The molecule has 0 unspecified atom stereocenters. The Morgan fingerprint density at radius 2 is 1.62 bits per heavy atom. The summed E-state index contributed by atoms with van der Waals surface area (Å²) in [6, 6.07) is 11.4. The van der Waals surface area contributed by atoms with E-state index in [-0.39, 0.29) is 0 Å². The van der Waals surface area contributed by atoms with E-state index in [9.17, 15) is 0 Å². The zero-order chi connectivity index (χ0) is 18.5. The summed E-state index contributed by atoms with van der Waals surface area (Å²) in [6.45, 7) is 0. The van der Waals surface area contributed by atoms with Crippen LogP contribution in [0.15, 0.2) is 41.8 Å². The molecule has 0 bridgehead atoms. The van der Waals surface area contributed by atoms with Gasteiger partial charge in [-0.15, -0.1) is 11.3 Å². The van der Waals surface area contributed by atoms with Gasteiger partial charge < -0.3 is 14.2 Å². The topological polar surface area (TPSA) is 40.6 Å². The van der Waals surface area contributed by atoms with E-state index >= 15 is 0 Å². The molecule has 4 nitrogen and oxygen atoms in total. The maximum Gasteiger partial charge on any atom is 0.203 e. The fourth-order valence-corrected chi connectivity index (χ4v) is 3.38. The molecule has 0 amide bonds. The molecule has 0 radical (unpaired) electrons. The van der Waals surface area contributed by atoms with Gasteiger partial charge in [-0.2, -0.15) is 0 Å². The summed E-state index contributed by atoms with van der Waals surface area (Å²) in [6.07, 6.45) is 3.90. The summed E-state index contributed by atoms with van der Waals surface area (Å²) >= 11 is 7.51. The van der Waals surface area contributed by atoms with Crippen molar-refractivity contribution >= 4 is 35.1 Å². The van der Waals surface area contributed by atoms with Crippen LogP contribution in [0.3, 0.4) is 0 Å². The average Bonchev–Trinajstić information content (AvgIpc) is 3.14. The highest BCUT2D eigenvalue weighted by atomic mass is 35.5. The molecular weight excluding hydrogens is 370 g/mol. The molecular formula is C20H18ClNO3S. The Morgan fingerprint density at radius 3 is 2.27 bits per heavy atom. The summed E-state index contributed by atoms with van der Waals surface area (Å²) in [5, 5.41) is 3.63. The first-order valence-corrected chi connectivity index (χ1v) is 9.10. The van der Waals surface area contributed by atoms with E-state index in [0.717, 1.165) is 21.8 Å². The van der Waals surface area contributed by atoms with Crippen LogP contribution in [0.5, 0.6) is 17.2 Å². The van der Waals surface area contributed by atoms with Gasteiger partial charge in [0.1, 0.15) is 5.01 Å². The van der Waals surface area contributed by atoms with Crippen LogP contribution in [-0.2, 0) is 0 Å². The third-order valence-electron chi connectivity index (χ3n) is 3.80.